The van der Waals surface area contributed by atoms with Crippen LogP contribution in [0.25, 0.3) is 44.3 Å². The average molecular weight is 489 g/mol. The summed E-state index contributed by atoms with van der Waals surface area (Å²) in [6.07, 6.45) is 7.39. The maximum Gasteiger partial charge on any atom is 0.216 e. The third kappa shape index (κ3) is 4.27. The van der Waals surface area contributed by atoms with E-state index in [1.807, 2.05) is 0 Å². The number of para-hydroxylation sites is 1. The molecule has 0 spiro atoms. The van der Waals surface area contributed by atoms with Gasteiger partial charge in [0.2, 0.25) is 5.69 Å². The quantitative estimate of drug-likeness (QED) is 0.231. The first-order chi connectivity index (χ1) is 17.8. The van der Waals surface area contributed by atoms with Crippen molar-refractivity contribution in [1.82, 2.24) is 0 Å². The number of hydrogen-bond donors (Lipinski definition) is 0. The van der Waals surface area contributed by atoms with Crippen LogP contribution in [0.4, 0.5) is 0 Å². The largest absolute Gasteiger partial charge is 0.454 e. The predicted octanol–water partition coefficient (Wildman–Crippen LogP) is 9.37. The summed E-state index contributed by atoms with van der Waals surface area (Å²) in [7, 11) is 2.10. The lowest BCUT2D eigenvalue weighted by molar-refractivity contribution is -0.660. The molecule has 5 aromatic rings. The molecule has 0 radical (unpaired) electrons. The Labute approximate surface area is 221 Å². The summed E-state index contributed by atoms with van der Waals surface area (Å²) >= 11 is 0. The summed E-state index contributed by atoms with van der Waals surface area (Å²) in [5.74, 6) is 1.53. The van der Waals surface area contributed by atoms with Gasteiger partial charge in [0.1, 0.15) is 18.2 Å². The van der Waals surface area contributed by atoms with E-state index in [4.69, 9.17) is 4.42 Å². The normalized spacial score (nSPS) is 18.5. The number of aromatic nitrogens is 1. The van der Waals surface area contributed by atoms with Crippen LogP contribution in [-0.4, -0.2) is 0 Å². The van der Waals surface area contributed by atoms with Gasteiger partial charge in [-0.1, -0.05) is 75.4 Å². The lowest BCUT2D eigenvalue weighted by Crippen LogP contribution is -2.30. The predicted molar refractivity (Wildman–Crippen MR) is 155 cm³/mol. The first kappa shape index (κ1) is 24.0. The molecule has 2 heterocycles. The van der Waals surface area contributed by atoms with E-state index in [1.54, 1.807) is 0 Å². The Bertz CT molecular complexity index is 1570. The van der Waals surface area contributed by atoms with E-state index < -0.39 is 0 Å². The molecule has 0 N–H and O–H groups in total. The van der Waals surface area contributed by atoms with Gasteiger partial charge in [-0.2, -0.15) is 0 Å². The molecule has 2 nitrogen and oxygen atoms in total. The lowest BCUT2D eigenvalue weighted by atomic mass is 9.68. The Hall–Kier alpha value is -3.39. The highest BCUT2D eigenvalue weighted by molar-refractivity contribution is 6.13. The molecular formula is C35H38NO+. The van der Waals surface area contributed by atoms with E-state index in [0.29, 0.717) is 11.3 Å². The van der Waals surface area contributed by atoms with Crippen molar-refractivity contribution in [3.8, 4) is 22.4 Å². The Morgan fingerprint density at radius 3 is 2.19 bits per heavy atom. The molecule has 0 bridgehead atoms. The molecular weight excluding hydrogens is 450 g/mol. The van der Waals surface area contributed by atoms with E-state index in [1.165, 1.54) is 58.7 Å². The summed E-state index contributed by atoms with van der Waals surface area (Å²) in [6, 6.07) is 26.6. The number of aryl methyl sites for hydroxylation is 2. The highest BCUT2D eigenvalue weighted by Crippen LogP contribution is 2.44. The Morgan fingerprint density at radius 1 is 0.757 bits per heavy atom. The molecule has 0 aliphatic heterocycles. The van der Waals surface area contributed by atoms with Gasteiger partial charge in [-0.3, -0.25) is 0 Å². The maximum atomic E-state index is 6.74. The lowest BCUT2D eigenvalue weighted by Gasteiger charge is -2.37. The Morgan fingerprint density at radius 2 is 1.49 bits per heavy atom. The second-order valence-corrected chi connectivity index (χ2v) is 12.2. The SMILES string of the molecule is Cc1ccc2c(oc3c(-c4ccc(C5CCC(C(C)(C)C)CC5)cc4)cccc32)c1-c1cccc[n+]1C. The van der Waals surface area contributed by atoms with Crippen LogP contribution in [0, 0.1) is 18.3 Å². The molecule has 2 heteroatoms. The number of rotatable bonds is 3. The standard InChI is InChI=1S/C35H38NO/c1-23-12-21-30-29-10-8-9-28(33(29)37-34(30)32(23)31-11-6-7-22-36(31)5)26-15-13-24(14-16-26)25-17-19-27(20-18-25)35(2,3)4/h6-16,21-22,25,27H,17-20H2,1-5H3/q+1. The minimum atomic E-state index is 0.427. The molecule has 1 aliphatic rings. The number of nitrogens with zero attached hydrogens (tertiary/aromatic N) is 1. The number of hydrogen-bond acceptors (Lipinski definition) is 1. The number of fused-ring (bicyclic) bond motifs is 3. The average Bonchev–Trinajstić information content (AvgIpc) is 3.28. The first-order valence-corrected chi connectivity index (χ1v) is 13.8. The second kappa shape index (κ2) is 9.17. The van der Waals surface area contributed by atoms with Crippen molar-refractivity contribution in [2.24, 2.45) is 18.4 Å². The highest BCUT2D eigenvalue weighted by Gasteiger charge is 2.30. The van der Waals surface area contributed by atoms with Gasteiger partial charge >= 0.3 is 0 Å². The summed E-state index contributed by atoms with van der Waals surface area (Å²) in [5, 5.41) is 2.35. The zero-order valence-electron chi connectivity index (χ0n) is 22.8. The minimum Gasteiger partial charge on any atom is -0.454 e. The Kier molecular flexibility index (Phi) is 5.94. The van der Waals surface area contributed by atoms with Gasteiger partial charge in [-0.15, -0.1) is 0 Å². The van der Waals surface area contributed by atoms with Gasteiger partial charge < -0.3 is 4.42 Å². The van der Waals surface area contributed by atoms with Gasteiger partial charge in [-0.05, 0) is 72.6 Å². The van der Waals surface area contributed by atoms with E-state index in [-0.39, 0.29) is 0 Å². The summed E-state index contributed by atoms with van der Waals surface area (Å²) in [5.41, 5.74) is 9.80. The van der Waals surface area contributed by atoms with Crippen LogP contribution in [0.1, 0.15) is 63.5 Å². The molecule has 2 aromatic heterocycles. The molecule has 0 saturated heterocycles. The second-order valence-electron chi connectivity index (χ2n) is 12.2. The fourth-order valence-electron chi connectivity index (χ4n) is 6.52. The maximum absolute atomic E-state index is 6.74. The van der Waals surface area contributed by atoms with E-state index in [9.17, 15) is 0 Å². The first-order valence-electron chi connectivity index (χ1n) is 13.8. The van der Waals surface area contributed by atoms with Crippen molar-refractivity contribution < 1.29 is 8.98 Å². The molecule has 1 fully saturated rings. The van der Waals surface area contributed by atoms with Crippen molar-refractivity contribution in [2.45, 2.75) is 59.3 Å². The van der Waals surface area contributed by atoms with Gasteiger partial charge in [0, 0.05) is 28.5 Å². The zero-order valence-corrected chi connectivity index (χ0v) is 22.8. The van der Waals surface area contributed by atoms with Crippen LogP contribution < -0.4 is 4.57 Å². The van der Waals surface area contributed by atoms with E-state index in [0.717, 1.165) is 28.3 Å². The molecule has 0 atom stereocenters. The summed E-state index contributed by atoms with van der Waals surface area (Å²) in [6.45, 7) is 9.37. The van der Waals surface area contributed by atoms with Crippen LogP contribution in [-0.2, 0) is 7.05 Å². The molecule has 6 rings (SSSR count). The minimum absolute atomic E-state index is 0.427. The number of pyridine rings is 1. The van der Waals surface area contributed by atoms with Crippen molar-refractivity contribution >= 4 is 21.9 Å². The van der Waals surface area contributed by atoms with Gasteiger partial charge in [-0.25, -0.2) is 4.57 Å². The van der Waals surface area contributed by atoms with E-state index in [2.05, 4.69) is 118 Å². The molecule has 1 aliphatic carbocycles. The summed E-state index contributed by atoms with van der Waals surface area (Å²) < 4.78 is 8.91. The van der Waals surface area contributed by atoms with Crippen molar-refractivity contribution in [3.63, 3.8) is 0 Å². The molecule has 0 unspecified atom stereocenters. The van der Waals surface area contributed by atoms with Crippen molar-refractivity contribution in [1.29, 1.82) is 0 Å². The van der Waals surface area contributed by atoms with Gasteiger partial charge in [0.05, 0.1) is 5.56 Å². The molecule has 188 valence electrons. The zero-order chi connectivity index (χ0) is 25.7. The van der Waals surface area contributed by atoms with Gasteiger partial charge in [0.25, 0.3) is 0 Å². The molecule has 1 saturated carbocycles. The van der Waals surface area contributed by atoms with Crippen molar-refractivity contribution in [2.75, 3.05) is 0 Å². The van der Waals surface area contributed by atoms with Gasteiger partial charge in [0.15, 0.2) is 6.20 Å². The smallest absolute Gasteiger partial charge is 0.216 e. The molecule has 0 amide bonds. The van der Waals surface area contributed by atoms with Crippen LogP contribution in [0.5, 0.6) is 0 Å². The van der Waals surface area contributed by atoms with Crippen LogP contribution >= 0.6 is 0 Å². The topological polar surface area (TPSA) is 17.0 Å². The van der Waals surface area contributed by atoms with Crippen LogP contribution in [0.3, 0.4) is 0 Å². The van der Waals surface area contributed by atoms with E-state index >= 15 is 0 Å². The third-order valence-corrected chi connectivity index (χ3v) is 8.83. The van der Waals surface area contributed by atoms with Crippen molar-refractivity contribution in [3.05, 3.63) is 90.1 Å². The third-order valence-electron chi connectivity index (χ3n) is 8.83. The number of benzene rings is 3. The molecule has 3 aromatic carbocycles. The molecule has 37 heavy (non-hydrogen) atoms. The Balaban J connectivity index is 1.38. The monoisotopic (exact) mass is 488 g/mol. The highest BCUT2D eigenvalue weighted by atomic mass is 16.3. The van der Waals surface area contributed by atoms with Crippen LogP contribution in [0.2, 0.25) is 0 Å². The fourth-order valence-corrected chi connectivity index (χ4v) is 6.52. The van der Waals surface area contributed by atoms with Crippen LogP contribution in [0.15, 0.2) is 83.4 Å². The number of furan rings is 1. The summed E-state index contributed by atoms with van der Waals surface area (Å²) in [4.78, 5) is 0. The fraction of sp³-hybridized carbons (Fsp3) is 0.343.